The van der Waals surface area contributed by atoms with Crippen molar-refractivity contribution in [3.63, 3.8) is 0 Å². The maximum absolute atomic E-state index is 10.6. The number of aldehydes is 1. The van der Waals surface area contributed by atoms with Gasteiger partial charge in [-0.2, -0.15) is 0 Å². The van der Waals surface area contributed by atoms with E-state index in [4.69, 9.17) is 6.42 Å². The van der Waals surface area contributed by atoms with E-state index in [1.165, 1.54) is 0 Å². The zero-order valence-electron chi connectivity index (χ0n) is 9.86. The summed E-state index contributed by atoms with van der Waals surface area (Å²) in [5, 5.41) is 0. The van der Waals surface area contributed by atoms with Crippen LogP contribution in [0.4, 0.5) is 5.69 Å². The van der Waals surface area contributed by atoms with E-state index in [2.05, 4.69) is 17.7 Å². The number of anilines is 1. The van der Waals surface area contributed by atoms with Gasteiger partial charge in [0.25, 0.3) is 0 Å². The van der Waals surface area contributed by atoms with Gasteiger partial charge in [-0.1, -0.05) is 12.8 Å². The number of rotatable bonds is 5. The van der Waals surface area contributed by atoms with Crippen molar-refractivity contribution in [3.05, 3.63) is 29.3 Å². The van der Waals surface area contributed by atoms with Crippen molar-refractivity contribution in [2.45, 2.75) is 20.3 Å². The molecule has 0 N–H and O–H groups in total. The summed E-state index contributed by atoms with van der Waals surface area (Å²) in [7, 11) is 0. The van der Waals surface area contributed by atoms with Crippen molar-refractivity contribution < 1.29 is 4.79 Å². The van der Waals surface area contributed by atoms with Crippen LogP contribution in [0.1, 0.15) is 29.3 Å². The molecule has 0 aliphatic heterocycles. The van der Waals surface area contributed by atoms with E-state index in [1.807, 2.05) is 25.1 Å². The first-order valence-electron chi connectivity index (χ1n) is 5.47. The van der Waals surface area contributed by atoms with Crippen LogP contribution in [0.25, 0.3) is 0 Å². The van der Waals surface area contributed by atoms with E-state index in [-0.39, 0.29) is 0 Å². The average molecular weight is 215 g/mol. The smallest absolute Gasteiger partial charge is 0.150 e. The molecule has 2 nitrogen and oxygen atoms in total. The molecule has 16 heavy (non-hydrogen) atoms. The van der Waals surface area contributed by atoms with Crippen LogP contribution in [0.2, 0.25) is 0 Å². The third-order valence-corrected chi connectivity index (χ3v) is 2.47. The molecule has 1 aromatic rings. The van der Waals surface area contributed by atoms with Gasteiger partial charge in [-0.3, -0.25) is 4.79 Å². The molecular weight excluding hydrogens is 198 g/mol. The Balaban J connectivity index is 3.00. The van der Waals surface area contributed by atoms with E-state index in [0.29, 0.717) is 12.1 Å². The molecular formula is C14H17NO. The fourth-order valence-electron chi connectivity index (χ4n) is 1.77. The Morgan fingerprint density at radius 3 is 2.75 bits per heavy atom. The maximum atomic E-state index is 10.6. The zero-order chi connectivity index (χ0) is 12.0. The molecule has 0 atom stereocenters. The van der Waals surface area contributed by atoms with Crippen molar-refractivity contribution in [1.29, 1.82) is 0 Å². The first kappa shape index (κ1) is 12.3. The summed E-state index contributed by atoms with van der Waals surface area (Å²) in [4.78, 5) is 12.8. The van der Waals surface area contributed by atoms with Gasteiger partial charge >= 0.3 is 0 Å². The summed E-state index contributed by atoms with van der Waals surface area (Å²) in [6.45, 7) is 5.67. The maximum Gasteiger partial charge on any atom is 0.150 e. The van der Waals surface area contributed by atoms with Crippen LogP contribution in [0, 0.1) is 19.3 Å². The second kappa shape index (κ2) is 5.97. The number of terminal acetylenes is 1. The summed E-state index contributed by atoms with van der Waals surface area (Å²) < 4.78 is 0. The highest BCUT2D eigenvalue weighted by Crippen LogP contribution is 2.20. The van der Waals surface area contributed by atoms with Gasteiger partial charge in [-0.25, -0.2) is 0 Å². The van der Waals surface area contributed by atoms with E-state index in [9.17, 15) is 4.79 Å². The Kier molecular flexibility index (Phi) is 4.60. The minimum Gasteiger partial charge on any atom is -0.360 e. The minimum absolute atomic E-state index is 0.606. The quantitative estimate of drug-likeness (QED) is 0.556. The molecule has 0 aromatic heterocycles. The van der Waals surface area contributed by atoms with Crippen LogP contribution < -0.4 is 4.90 Å². The highest BCUT2D eigenvalue weighted by Gasteiger charge is 2.07. The predicted octanol–water partition coefficient (Wildman–Crippen LogP) is 2.66. The lowest BCUT2D eigenvalue weighted by Crippen LogP contribution is -2.25. The van der Waals surface area contributed by atoms with Crippen molar-refractivity contribution in [2.75, 3.05) is 18.0 Å². The second-order valence-corrected chi connectivity index (χ2v) is 3.79. The van der Waals surface area contributed by atoms with Crippen molar-refractivity contribution >= 4 is 12.0 Å². The minimum atomic E-state index is 0.606. The second-order valence-electron chi connectivity index (χ2n) is 3.79. The Morgan fingerprint density at radius 2 is 2.25 bits per heavy atom. The molecule has 0 aliphatic carbocycles. The lowest BCUT2D eigenvalue weighted by molar-refractivity contribution is 0.112. The Bertz CT molecular complexity index is 404. The first-order valence-corrected chi connectivity index (χ1v) is 5.47. The number of carbonyl (C=O) groups is 1. The molecule has 0 fully saturated rings. The Labute approximate surface area is 97.3 Å². The summed E-state index contributed by atoms with van der Waals surface area (Å²) in [5.74, 6) is 2.66. The van der Waals surface area contributed by atoms with Gasteiger partial charge in [-0.05, 0) is 37.1 Å². The highest BCUT2D eigenvalue weighted by molar-refractivity contribution is 5.77. The summed E-state index contributed by atoms with van der Waals surface area (Å²) in [6.07, 6.45) is 7.27. The standard InChI is InChI=1S/C14H17NO/c1-4-8-15(9-5-2)14-7-6-13(11-16)10-12(14)3/h1,6-7,10-11H,5,8-9H2,2-3H3. The third-order valence-electron chi connectivity index (χ3n) is 2.47. The molecule has 84 valence electrons. The van der Waals surface area contributed by atoms with Gasteiger partial charge in [0, 0.05) is 17.8 Å². The average Bonchev–Trinajstić information content (AvgIpc) is 2.29. The first-order chi connectivity index (χ1) is 7.72. The third kappa shape index (κ3) is 2.87. The van der Waals surface area contributed by atoms with Crippen LogP contribution in [0.3, 0.4) is 0 Å². The lowest BCUT2D eigenvalue weighted by atomic mass is 10.1. The van der Waals surface area contributed by atoms with Crippen LogP contribution in [0.15, 0.2) is 18.2 Å². The van der Waals surface area contributed by atoms with Crippen molar-refractivity contribution in [1.82, 2.24) is 0 Å². The monoisotopic (exact) mass is 215 g/mol. The number of hydrogen-bond donors (Lipinski definition) is 0. The normalized spacial score (nSPS) is 9.56. The lowest BCUT2D eigenvalue weighted by Gasteiger charge is -2.23. The number of nitrogens with zero attached hydrogens (tertiary/aromatic N) is 1. The number of carbonyl (C=O) groups excluding carboxylic acids is 1. The van der Waals surface area contributed by atoms with Gasteiger partial charge < -0.3 is 4.90 Å². The summed E-state index contributed by atoms with van der Waals surface area (Å²) >= 11 is 0. The van der Waals surface area contributed by atoms with E-state index >= 15 is 0 Å². The molecule has 1 rings (SSSR count). The predicted molar refractivity (Wildman–Crippen MR) is 67.9 cm³/mol. The summed E-state index contributed by atoms with van der Waals surface area (Å²) in [5.41, 5.74) is 2.91. The molecule has 1 aromatic carbocycles. The Morgan fingerprint density at radius 1 is 1.50 bits per heavy atom. The van der Waals surface area contributed by atoms with Gasteiger partial charge in [0.2, 0.25) is 0 Å². The van der Waals surface area contributed by atoms with Crippen LogP contribution >= 0.6 is 0 Å². The van der Waals surface area contributed by atoms with E-state index < -0.39 is 0 Å². The molecule has 0 radical (unpaired) electrons. The molecule has 0 saturated carbocycles. The SMILES string of the molecule is C#CCN(CCC)c1ccc(C=O)cc1C. The van der Waals surface area contributed by atoms with Gasteiger partial charge in [0.1, 0.15) is 6.29 Å². The molecule has 2 heteroatoms. The van der Waals surface area contributed by atoms with Gasteiger partial charge in [0.05, 0.1) is 6.54 Å². The largest absolute Gasteiger partial charge is 0.360 e. The number of aryl methyl sites for hydroxylation is 1. The molecule has 0 amide bonds. The van der Waals surface area contributed by atoms with Gasteiger partial charge in [0.15, 0.2) is 0 Å². The molecule has 0 heterocycles. The fourth-order valence-corrected chi connectivity index (χ4v) is 1.77. The molecule has 0 aliphatic rings. The van der Waals surface area contributed by atoms with E-state index in [0.717, 1.165) is 30.5 Å². The van der Waals surface area contributed by atoms with Crippen LogP contribution in [-0.2, 0) is 0 Å². The number of benzene rings is 1. The molecule has 0 bridgehead atoms. The van der Waals surface area contributed by atoms with Crippen LogP contribution in [0.5, 0.6) is 0 Å². The van der Waals surface area contributed by atoms with Gasteiger partial charge in [-0.15, -0.1) is 6.42 Å². The topological polar surface area (TPSA) is 20.3 Å². The number of hydrogen-bond acceptors (Lipinski definition) is 2. The summed E-state index contributed by atoms with van der Waals surface area (Å²) in [6, 6.07) is 5.68. The van der Waals surface area contributed by atoms with E-state index in [1.54, 1.807) is 0 Å². The molecule has 0 spiro atoms. The molecule has 0 unspecified atom stereocenters. The van der Waals surface area contributed by atoms with Crippen molar-refractivity contribution in [3.8, 4) is 12.3 Å². The van der Waals surface area contributed by atoms with Crippen LogP contribution in [-0.4, -0.2) is 19.4 Å². The molecule has 0 saturated heterocycles. The highest BCUT2D eigenvalue weighted by atomic mass is 16.1. The zero-order valence-corrected chi connectivity index (χ0v) is 9.86. The van der Waals surface area contributed by atoms with Crippen molar-refractivity contribution in [2.24, 2.45) is 0 Å². The fraction of sp³-hybridized carbons (Fsp3) is 0.357. The Hall–Kier alpha value is -1.75.